The monoisotopic (exact) mass is 200 g/mol. The predicted octanol–water partition coefficient (Wildman–Crippen LogP) is -0.0662. The molecule has 13 heavy (non-hydrogen) atoms. The zero-order valence-electron chi connectivity index (χ0n) is 7.10. The summed E-state index contributed by atoms with van der Waals surface area (Å²) in [7, 11) is -3.47. The van der Waals surface area contributed by atoms with Gasteiger partial charge >= 0.3 is 0 Å². The molecule has 0 aliphatic rings. The number of nitrogens with two attached hydrogens (primary N) is 2. The molecule has 0 aromatic heterocycles. The highest BCUT2D eigenvalue weighted by atomic mass is 32.2. The van der Waals surface area contributed by atoms with Crippen LogP contribution in [0, 0.1) is 0 Å². The zero-order chi connectivity index (χ0) is 9.90. The molecule has 1 aromatic carbocycles. The Labute approximate surface area is 77.6 Å². The van der Waals surface area contributed by atoms with Crippen LogP contribution in [0.25, 0.3) is 0 Å². The molecule has 0 unspecified atom stereocenters. The van der Waals surface area contributed by atoms with Gasteiger partial charge in [-0.25, -0.2) is 13.6 Å². The van der Waals surface area contributed by atoms with Crippen molar-refractivity contribution in [1.29, 1.82) is 0 Å². The Hall–Kier alpha value is -0.910. The molecule has 0 aliphatic carbocycles. The van der Waals surface area contributed by atoms with Crippen LogP contribution in [0.3, 0.4) is 0 Å². The van der Waals surface area contributed by atoms with Gasteiger partial charge in [0.15, 0.2) is 0 Å². The van der Waals surface area contributed by atoms with Crippen molar-refractivity contribution in [2.45, 2.75) is 12.3 Å². The molecule has 0 spiro atoms. The van der Waals surface area contributed by atoms with Gasteiger partial charge < -0.3 is 5.73 Å². The summed E-state index contributed by atoms with van der Waals surface area (Å²) < 4.78 is 21.6. The fourth-order valence-electron chi connectivity index (χ4n) is 1.11. The highest BCUT2D eigenvalue weighted by molar-refractivity contribution is 7.88. The molecule has 5 heteroatoms. The lowest BCUT2D eigenvalue weighted by molar-refractivity contribution is 0.597. The largest absolute Gasteiger partial charge is 0.326 e. The molecule has 0 saturated carbocycles. The Morgan fingerprint density at radius 1 is 1.15 bits per heavy atom. The Morgan fingerprint density at radius 2 is 1.69 bits per heavy atom. The molecule has 72 valence electrons. The maximum absolute atomic E-state index is 10.8. The predicted molar refractivity (Wildman–Crippen MR) is 51.1 cm³/mol. The molecule has 0 aliphatic heterocycles. The second-order valence-corrected chi connectivity index (χ2v) is 4.39. The van der Waals surface area contributed by atoms with Gasteiger partial charge in [0.05, 0.1) is 5.75 Å². The van der Waals surface area contributed by atoms with Crippen LogP contribution in [0.15, 0.2) is 24.3 Å². The fourth-order valence-corrected chi connectivity index (χ4v) is 1.83. The van der Waals surface area contributed by atoms with E-state index in [9.17, 15) is 8.42 Å². The maximum Gasteiger partial charge on any atom is 0.213 e. The van der Waals surface area contributed by atoms with Crippen LogP contribution in [0.4, 0.5) is 0 Å². The summed E-state index contributed by atoms with van der Waals surface area (Å²) >= 11 is 0. The molecule has 0 saturated heterocycles. The standard InChI is InChI=1S/C8H12N2O2S/c9-5-7-3-1-2-4-8(7)6-13(10,11)12/h1-4H,5-6,9H2,(H2,10,11,12). The van der Waals surface area contributed by atoms with Gasteiger partial charge in [-0.15, -0.1) is 0 Å². The van der Waals surface area contributed by atoms with Gasteiger partial charge in [-0.1, -0.05) is 24.3 Å². The Kier molecular flexibility index (Phi) is 3.02. The van der Waals surface area contributed by atoms with E-state index >= 15 is 0 Å². The minimum atomic E-state index is -3.47. The molecule has 0 radical (unpaired) electrons. The van der Waals surface area contributed by atoms with Gasteiger partial charge in [-0.2, -0.15) is 0 Å². The van der Waals surface area contributed by atoms with Gasteiger partial charge in [-0.05, 0) is 11.1 Å². The summed E-state index contributed by atoms with van der Waals surface area (Å²) in [5, 5.41) is 4.92. The number of sulfonamides is 1. The molecular weight excluding hydrogens is 188 g/mol. The van der Waals surface area contributed by atoms with E-state index in [-0.39, 0.29) is 5.75 Å². The van der Waals surface area contributed by atoms with Crippen LogP contribution < -0.4 is 10.9 Å². The molecule has 0 bridgehead atoms. The SMILES string of the molecule is NCc1ccccc1CS(N)(=O)=O. The molecule has 1 aromatic rings. The van der Waals surface area contributed by atoms with E-state index in [0.717, 1.165) is 5.56 Å². The highest BCUT2D eigenvalue weighted by Crippen LogP contribution is 2.10. The lowest BCUT2D eigenvalue weighted by Gasteiger charge is -2.04. The van der Waals surface area contributed by atoms with E-state index in [0.29, 0.717) is 12.1 Å². The molecule has 0 fully saturated rings. The molecule has 1 rings (SSSR count). The van der Waals surface area contributed by atoms with Crippen molar-refractivity contribution in [1.82, 2.24) is 0 Å². The van der Waals surface area contributed by atoms with Crippen molar-refractivity contribution in [2.24, 2.45) is 10.9 Å². The summed E-state index contributed by atoms with van der Waals surface area (Å²) in [6.07, 6.45) is 0. The van der Waals surface area contributed by atoms with Crippen LogP contribution in [0.2, 0.25) is 0 Å². The van der Waals surface area contributed by atoms with Gasteiger partial charge in [-0.3, -0.25) is 0 Å². The minimum Gasteiger partial charge on any atom is -0.326 e. The normalized spacial score (nSPS) is 11.5. The summed E-state index contributed by atoms with van der Waals surface area (Å²) in [5.74, 6) is -0.152. The number of primary sulfonamides is 1. The van der Waals surface area contributed by atoms with Crippen LogP contribution in [-0.4, -0.2) is 8.42 Å². The van der Waals surface area contributed by atoms with Crippen LogP contribution in [0.5, 0.6) is 0 Å². The number of hydrogen-bond donors (Lipinski definition) is 2. The molecule has 0 amide bonds. The first-order valence-electron chi connectivity index (χ1n) is 3.80. The lowest BCUT2D eigenvalue weighted by atomic mass is 10.1. The van der Waals surface area contributed by atoms with E-state index in [2.05, 4.69) is 0 Å². The third kappa shape index (κ3) is 3.14. The first-order valence-corrected chi connectivity index (χ1v) is 5.52. The number of hydrogen-bond acceptors (Lipinski definition) is 3. The van der Waals surface area contributed by atoms with E-state index in [1.54, 1.807) is 18.2 Å². The fraction of sp³-hybridized carbons (Fsp3) is 0.250. The van der Waals surface area contributed by atoms with Crippen molar-refractivity contribution in [3.05, 3.63) is 35.4 Å². The summed E-state index contributed by atoms with van der Waals surface area (Å²) in [6.45, 7) is 0.325. The first kappa shape index (κ1) is 10.2. The quantitative estimate of drug-likeness (QED) is 0.716. The minimum absolute atomic E-state index is 0.152. The van der Waals surface area contributed by atoms with Crippen molar-refractivity contribution < 1.29 is 8.42 Å². The van der Waals surface area contributed by atoms with E-state index in [1.165, 1.54) is 0 Å². The van der Waals surface area contributed by atoms with Gasteiger partial charge in [0.1, 0.15) is 0 Å². The highest BCUT2D eigenvalue weighted by Gasteiger charge is 2.07. The van der Waals surface area contributed by atoms with E-state index in [1.807, 2.05) is 6.07 Å². The molecule has 0 heterocycles. The van der Waals surface area contributed by atoms with E-state index < -0.39 is 10.0 Å². The number of rotatable bonds is 3. The van der Waals surface area contributed by atoms with E-state index in [4.69, 9.17) is 10.9 Å². The molecular formula is C8H12N2O2S. The number of benzene rings is 1. The average molecular weight is 200 g/mol. The lowest BCUT2D eigenvalue weighted by Crippen LogP contribution is -2.16. The zero-order valence-corrected chi connectivity index (χ0v) is 7.92. The molecule has 4 N–H and O–H groups in total. The third-order valence-electron chi connectivity index (χ3n) is 1.69. The second kappa shape index (κ2) is 3.87. The van der Waals surface area contributed by atoms with Crippen LogP contribution >= 0.6 is 0 Å². The third-order valence-corrected chi connectivity index (χ3v) is 2.41. The Balaban J connectivity index is 3.01. The van der Waals surface area contributed by atoms with Crippen LogP contribution in [0.1, 0.15) is 11.1 Å². The summed E-state index contributed by atoms with van der Waals surface area (Å²) in [4.78, 5) is 0. The Bertz CT molecular complexity index is 387. The van der Waals surface area contributed by atoms with Crippen LogP contribution in [-0.2, 0) is 22.3 Å². The van der Waals surface area contributed by atoms with Crippen molar-refractivity contribution in [2.75, 3.05) is 0 Å². The van der Waals surface area contributed by atoms with Crippen molar-refractivity contribution >= 4 is 10.0 Å². The topological polar surface area (TPSA) is 86.2 Å². The maximum atomic E-state index is 10.8. The first-order chi connectivity index (χ1) is 6.03. The van der Waals surface area contributed by atoms with Gasteiger partial charge in [0, 0.05) is 6.54 Å². The van der Waals surface area contributed by atoms with Crippen molar-refractivity contribution in [3.63, 3.8) is 0 Å². The summed E-state index contributed by atoms with van der Waals surface area (Å²) in [6, 6.07) is 7.08. The second-order valence-electron chi connectivity index (χ2n) is 2.78. The smallest absolute Gasteiger partial charge is 0.213 e. The molecule has 0 atom stereocenters. The Morgan fingerprint density at radius 3 is 2.15 bits per heavy atom. The summed E-state index contributed by atoms with van der Waals surface area (Å²) in [5.41, 5.74) is 6.92. The van der Waals surface area contributed by atoms with Gasteiger partial charge in [0.2, 0.25) is 10.0 Å². The average Bonchev–Trinajstić information content (AvgIpc) is 2.02. The van der Waals surface area contributed by atoms with Gasteiger partial charge in [0.25, 0.3) is 0 Å². The van der Waals surface area contributed by atoms with Crippen molar-refractivity contribution in [3.8, 4) is 0 Å². The molecule has 4 nitrogen and oxygen atoms in total.